The van der Waals surface area contributed by atoms with Crippen LogP contribution in [0.1, 0.15) is 16.2 Å². The van der Waals surface area contributed by atoms with E-state index in [0.717, 1.165) is 5.69 Å². The molecule has 7 heteroatoms. The Morgan fingerprint density at radius 1 is 1.41 bits per heavy atom. The third-order valence-corrected chi connectivity index (χ3v) is 1.99. The fraction of sp³-hybridized carbons (Fsp3) is 0.200. The predicted octanol–water partition coefficient (Wildman–Crippen LogP) is 0.769. The van der Waals surface area contributed by atoms with E-state index in [1.165, 1.54) is 19.5 Å². The Morgan fingerprint density at radius 2 is 2.24 bits per heavy atom. The number of hydrogen-bond acceptors (Lipinski definition) is 5. The Hall–Kier alpha value is -2.44. The molecule has 0 unspecified atom stereocenters. The number of anilines is 1. The molecule has 0 fully saturated rings. The van der Waals surface area contributed by atoms with Gasteiger partial charge in [-0.2, -0.15) is 0 Å². The second kappa shape index (κ2) is 4.60. The Kier molecular flexibility index (Phi) is 2.99. The van der Waals surface area contributed by atoms with Gasteiger partial charge in [-0.3, -0.25) is 15.1 Å². The summed E-state index contributed by atoms with van der Waals surface area (Å²) < 4.78 is 4.88. The molecule has 0 radical (unpaired) electrons. The van der Waals surface area contributed by atoms with Crippen LogP contribution in [0.2, 0.25) is 0 Å². The highest BCUT2D eigenvalue weighted by Crippen LogP contribution is 2.06. The number of aryl methyl sites for hydroxylation is 1. The van der Waals surface area contributed by atoms with Gasteiger partial charge in [0.25, 0.3) is 5.91 Å². The average molecular weight is 233 g/mol. The van der Waals surface area contributed by atoms with E-state index in [0.29, 0.717) is 5.95 Å². The number of methoxy groups -OCH3 is 1. The summed E-state index contributed by atoms with van der Waals surface area (Å²) in [7, 11) is 1.46. The number of H-pyrrole nitrogens is 1. The fourth-order valence-electron chi connectivity index (χ4n) is 1.20. The Bertz CT molecular complexity index is 537. The summed E-state index contributed by atoms with van der Waals surface area (Å²) in [6, 6.07) is 0. The van der Waals surface area contributed by atoms with Crippen LogP contribution in [0.25, 0.3) is 0 Å². The summed E-state index contributed by atoms with van der Waals surface area (Å²) in [5.41, 5.74) is 1.02. The SMILES string of the molecule is COc1cncc(C(=O)Nc2ncc(C)[nH]2)n1. The van der Waals surface area contributed by atoms with Crippen molar-refractivity contribution < 1.29 is 9.53 Å². The topological polar surface area (TPSA) is 92.8 Å². The van der Waals surface area contributed by atoms with Gasteiger partial charge in [0.15, 0.2) is 5.69 Å². The second-order valence-electron chi connectivity index (χ2n) is 3.32. The standard InChI is InChI=1S/C10H11N5O2/c1-6-3-12-10(13-6)15-9(16)7-4-11-5-8(14-7)17-2/h3-5H,1-2H3,(H2,12,13,15,16). The van der Waals surface area contributed by atoms with Gasteiger partial charge < -0.3 is 9.72 Å². The molecule has 7 nitrogen and oxygen atoms in total. The summed E-state index contributed by atoms with van der Waals surface area (Å²) in [6.45, 7) is 1.84. The average Bonchev–Trinajstić information content (AvgIpc) is 2.75. The van der Waals surface area contributed by atoms with Crippen LogP contribution in [-0.2, 0) is 0 Å². The highest BCUT2D eigenvalue weighted by atomic mass is 16.5. The molecule has 0 saturated carbocycles. The highest BCUT2D eigenvalue weighted by Gasteiger charge is 2.10. The van der Waals surface area contributed by atoms with Crippen LogP contribution >= 0.6 is 0 Å². The molecule has 17 heavy (non-hydrogen) atoms. The monoisotopic (exact) mass is 233 g/mol. The summed E-state index contributed by atoms with van der Waals surface area (Å²) in [6.07, 6.45) is 4.40. The predicted molar refractivity (Wildman–Crippen MR) is 59.9 cm³/mol. The molecule has 0 atom stereocenters. The lowest BCUT2D eigenvalue weighted by atomic mass is 10.4. The van der Waals surface area contributed by atoms with Crippen LogP contribution < -0.4 is 10.1 Å². The lowest BCUT2D eigenvalue weighted by Gasteiger charge is -2.02. The number of nitrogens with one attached hydrogen (secondary N) is 2. The molecule has 0 spiro atoms. The molecule has 2 N–H and O–H groups in total. The van der Waals surface area contributed by atoms with E-state index in [1.54, 1.807) is 6.20 Å². The van der Waals surface area contributed by atoms with Gasteiger partial charge in [0, 0.05) is 11.9 Å². The van der Waals surface area contributed by atoms with Crippen molar-refractivity contribution in [3.63, 3.8) is 0 Å². The molecule has 0 saturated heterocycles. The minimum Gasteiger partial charge on any atom is -0.480 e. The van der Waals surface area contributed by atoms with E-state index in [2.05, 4.69) is 25.3 Å². The van der Waals surface area contributed by atoms with Gasteiger partial charge in [-0.05, 0) is 6.92 Å². The van der Waals surface area contributed by atoms with Gasteiger partial charge in [-0.15, -0.1) is 0 Å². The van der Waals surface area contributed by atoms with Crippen molar-refractivity contribution in [1.29, 1.82) is 0 Å². The molecule has 0 bridgehead atoms. The normalized spacial score (nSPS) is 10.0. The Labute approximate surface area is 97.3 Å². The number of aromatic amines is 1. The van der Waals surface area contributed by atoms with Crippen molar-refractivity contribution in [1.82, 2.24) is 19.9 Å². The van der Waals surface area contributed by atoms with E-state index in [9.17, 15) is 4.79 Å². The number of imidazole rings is 1. The summed E-state index contributed by atoms with van der Waals surface area (Å²) in [5, 5.41) is 2.57. The van der Waals surface area contributed by atoms with Crippen LogP contribution in [0.5, 0.6) is 5.88 Å². The van der Waals surface area contributed by atoms with Crippen molar-refractivity contribution in [2.45, 2.75) is 6.92 Å². The maximum atomic E-state index is 11.8. The molecule has 88 valence electrons. The molecule has 2 aromatic rings. The molecular formula is C10H11N5O2. The second-order valence-corrected chi connectivity index (χ2v) is 3.32. The molecule has 1 amide bonds. The molecule has 2 heterocycles. The van der Waals surface area contributed by atoms with E-state index in [1.807, 2.05) is 6.92 Å². The third kappa shape index (κ3) is 2.57. The quantitative estimate of drug-likeness (QED) is 0.816. The zero-order valence-corrected chi connectivity index (χ0v) is 9.39. The maximum absolute atomic E-state index is 11.8. The van der Waals surface area contributed by atoms with Crippen molar-refractivity contribution in [2.75, 3.05) is 12.4 Å². The van der Waals surface area contributed by atoms with Crippen molar-refractivity contribution >= 4 is 11.9 Å². The molecule has 0 aromatic carbocycles. The number of carbonyl (C=O) groups excluding carboxylic acids is 1. The van der Waals surface area contributed by atoms with Gasteiger partial charge in [0.1, 0.15) is 0 Å². The first kappa shape index (κ1) is 11.1. The van der Waals surface area contributed by atoms with Gasteiger partial charge >= 0.3 is 0 Å². The highest BCUT2D eigenvalue weighted by molar-refractivity contribution is 6.01. The Morgan fingerprint density at radius 3 is 2.88 bits per heavy atom. The molecule has 0 aliphatic carbocycles. The first-order valence-electron chi connectivity index (χ1n) is 4.88. The van der Waals surface area contributed by atoms with Crippen molar-refractivity contribution in [3.05, 3.63) is 30.0 Å². The van der Waals surface area contributed by atoms with Crippen LogP contribution in [0.4, 0.5) is 5.95 Å². The smallest absolute Gasteiger partial charge is 0.278 e. The maximum Gasteiger partial charge on any atom is 0.278 e. The van der Waals surface area contributed by atoms with Crippen molar-refractivity contribution in [2.24, 2.45) is 0 Å². The number of nitrogens with zero attached hydrogens (tertiary/aromatic N) is 3. The van der Waals surface area contributed by atoms with Crippen LogP contribution in [0.15, 0.2) is 18.6 Å². The number of amides is 1. The van der Waals surface area contributed by atoms with Crippen molar-refractivity contribution in [3.8, 4) is 5.88 Å². The van der Waals surface area contributed by atoms with Crippen LogP contribution in [0.3, 0.4) is 0 Å². The molecule has 2 rings (SSSR count). The zero-order valence-electron chi connectivity index (χ0n) is 9.39. The first-order chi connectivity index (χ1) is 8.19. The van der Waals surface area contributed by atoms with Gasteiger partial charge in [-0.1, -0.05) is 0 Å². The minimum absolute atomic E-state index is 0.165. The summed E-state index contributed by atoms with van der Waals surface area (Å²) in [5.74, 6) is 0.260. The largest absolute Gasteiger partial charge is 0.480 e. The van der Waals surface area contributed by atoms with Gasteiger partial charge in [0.05, 0.1) is 19.5 Å². The molecular weight excluding hydrogens is 222 g/mol. The lowest BCUT2D eigenvalue weighted by molar-refractivity contribution is 0.102. The number of ether oxygens (including phenoxy) is 1. The summed E-state index contributed by atoms with van der Waals surface area (Å²) in [4.78, 5) is 26.4. The van der Waals surface area contributed by atoms with E-state index in [-0.39, 0.29) is 11.6 Å². The number of aromatic nitrogens is 4. The van der Waals surface area contributed by atoms with Gasteiger partial charge in [0.2, 0.25) is 11.8 Å². The fourth-order valence-corrected chi connectivity index (χ4v) is 1.20. The van der Waals surface area contributed by atoms with Gasteiger partial charge in [-0.25, -0.2) is 9.97 Å². The molecule has 0 aliphatic heterocycles. The van der Waals surface area contributed by atoms with Crippen LogP contribution in [-0.4, -0.2) is 33.0 Å². The number of carbonyl (C=O) groups is 1. The van der Waals surface area contributed by atoms with E-state index < -0.39 is 5.91 Å². The van der Waals surface area contributed by atoms with E-state index in [4.69, 9.17) is 4.74 Å². The summed E-state index contributed by atoms with van der Waals surface area (Å²) >= 11 is 0. The minimum atomic E-state index is -0.397. The lowest BCUT2D eigenvalue weighted by Crippen LogP contribution is -2.15. The Balaban J connectivity index is 2.14. The number of hydrogen-bond donors (Lipinski definition) is 2. The molecule has 0 aliphatic rings. The third-order valence-electron chi connectivity index (χ3n) is 1.99. The first-order valence-corrected chi connectivity index (χ1v) is 4.88. The molecule has 2 aromatic heterocycles. The van der Waals surface area contributed by atoms with Crippen LogP contribution in [0, 0.1) is 6.92 Å². The van der Waals surface area contributed by atoms with E-state index >= 15 is 0 Å². The zero-order chi connectivity index (χ0) is 12.3. The number of rotatable bonds is 3.